The minimum absolute atomic E-state index is 0.827. The van der Waals surface area contributed by atoms with Gasteiger partial charge in [-0.05, 0) is 30.2 Å². The van der Waals surface area contributed by atoms with Crippen LogP contribution in [0.25, 0.3) is 0 Å². The van der Waals surface area contributed by atoms with Crippen LogP contribution in [0.1, 0.15) is 11.3 Å². The normalized spacial score (nSPS) is 9.21. The molecule has 0 amide bonds. The minimum Gasteiger partial charge on any atom is -0.338 e. The molecule has 1 aromatic carbocycles. The topological polar surface area (TPSA) is 28.7 Å². The Morgan fingerprint density at radius 1 is 1.14 bits per heavy atom. The number of imidazole rings is 1. The number of nitrogens with zero attached hydrogens (tertiary/aromatic N) is 1. The molecule has 0 fully saturated rings. The van der Waals surface area contributed by atoms with Crippen LogP contribution >= 0.6 is 15.9 Å². The van der Waals surface area contributed by atoms with Crippen LogP contribution in [0, 0.1) is 11.8 Å². The largest absolute Gasteiger partial charge is 0.338 e. The second-order valence-corrected chi connectivity index (χ2v) is 3.64. The highest BCUT2D eigenvalue weighted by atomic mass is 79.9. The predicted octanol–water partition coefficient (Wildman–Crippen LogP) is 2.57. The molecule has 2 nitrogen and oxygen atoms in total. The first-order chi connectivity index (χ1) is 6.84. The molecule has 0 bridgehead atoms. The number of benzene rings is 1. The first-order valence-corrected chi connectivity index (χ1v) is 4.90. The Balaban J connectivity index is 2.22. The van der Waals surface area contributed by atoms with E-state index < -0.39 is 0 Å². The molecular weight excluding hydrogens is 240 g/mol. The van der Waals surface area contributed by atoms with E-state index in [2.05, 4.69) is 37.7 Å². The molecule has 2 aromatic rings. The van der Waals surface area contributed by atoms with E-state index in [1.54, 1.807) is 12.5 Å². The SMILES string of the molecule is Brc1ccc(C#Cc2cnc[nH]2)cc1. The van der Waals surface area contributed by atoms with Gasteiger partial charge in [-0.15, -0.1) is 0 Å². The van der Waals surface area contributed by atoms with Crippen molar-refractivity contribution in [1.82, 2.24) is 9.97 Å². The van der Waals surface area contributed by atoms with Gasteiger partial charge in [-0.1, -0.05) is 21.9 Å². The number of aromatic nitrogens is 2. The van der Waals surface area contributed by atoms with E-state index in [4.69, 9.17) is 0 Å². The van der Waals surface area contributed by atoms with Crippen LogP contribution in [0.15, 0.2) is 41.3 Å². The highest BCUT2D eigenvalue weighted by molar-refractivity contribution is 9.10. The summed E-state index contributed by atoms with van der Waals surface area (Å²) < 4.78 is 1.06. The lowest BCUT2D eigenvalue weighted by atomic mass is 10.2. The zero-order valence-electron chi connectivity index (χ0n) is 7.29. The minimum atomic E-state index is 0.827. The van der Waals surface area contributed by atoms with Gasteiger partial charge in [0.1, 0.15) is 5.69 Å². The summed E-state index contributed by atoms with van der Waals surface area (Å²) in [7, 11) is 0. The van der Waals surface area contributed by atoms with E-state index in [0.717, 1.165) is 15.7 Å². The Morgan fingerprint density at radius 3 is 2.57 bits per heavy atom. The first-order valence-electron chi connectivity index (χ1n) is 4.10. The second-order valence-electron chi connectivity index (χ2n) is 2.72. The van der Waals surface area contributed by atoms with Crippen molar-refractivity contribution in [3.05, 3.63) is 52.5 Å². The lowest BCUT2D eigenvalue weighted by molar-refractivity contribution is 1.30. The maximum Gasteiger partial charge on any atom is 0.109 e. The predicted molar refractivity (Wildman–Crippen MR) is 58.7 cm³/mol. The second kappa shape index (κ2) is 4.12. The van der Waals surface area contributed by atoms with Crippen molar-refractivity contribution < 1.29 is 0 Å². The maximum atomic E-state index is 3.88. The molecule has 0 atom stereocenters. The van der Waals surface area contributed by atoms with E-state index >= 15 is 0 Å². The average Bonchev–Trinajstić information content (AvgIpc) is 2.70. The molecular formula is C11H7BrN2. The van der Waals surface area contributed by atoms with Crippen molar-refractivity contribution in [2.45, 2.75) is 0 Å². The van der Waals surface area contributed by atoms with Gasteiger partial charge in [0.25, 0.3) is 0 Å². The molecule has 0 spiro atoms. The van der Waals surface area contributed by atoms with Gasteiger partial charge in [-0.3, -0.25) is 0 Å². The Hall–Kier alpha value is -1.53. The average molecular weight is 247 g/mol. The van der Waals surface area contributed by atoms with Gasteiger partial charge in [0.05, 0.1) is 12.5 Å². The summed E-state index contributed by atoms with van der Waals surface area (Å²) in [5.41, 5.74) is 1.82. The van der Waals surface area contributed by atoms with Gasteiger partial charge in [-0.25, -0.2) is 4.98 Å². The molecule has 0 unspecified atom stereocenters. The third kappa shape index (κ3) is 2.24. The zero-order valence-corrected chi connectivity index (χ0v) is 8.88. The number of nitrogens with one attached hydrogen (secondary N) is 1. The molecule has 1 aromatic heterocycles. The number of hydrogen-bond donors (Lipinski definition) is 1. The van der Waals surface area contributed by atoms with Gasteiger partial charge in [-0.2, -0.15) is 0 Å². The van der Waals surface area contributed by atoms with Crippen LogP contribution in [0.2, 0.25) is 0 Å². The molecule has 0 radical (unpaired) electrons. The number of H-pyrrole nitrogens is 1. The van der Waals surface area contributed by atoms with Gasteiger partial charge in [0.2, 0.25) is 0 Å². The van der Waals surface area contributed by atoms with Crippen molar-refractivity contribution in [3.63, 3.8) is 0 Å². The molecule has 0 aliphatic carbocycles. The lowest BCUT2D eigenvalue weighted by Crippen LogP contribution is -1.74. The number of hydrogen-bond acceptors (Lipinski definition) is 1. The van der Waals surface area contributed by atoms with E-state index in [0.29, 0.717) is 0 Å². The third-order valence-electron chi connectivity index (χ3n) is 1.68. The van der Waals surface area contributed by atoms with E-state index in [9.17, 15) is 0 Å². The quantitative estimate of drug-likeness (QED) is 0.712. The van der Waals surface area contributed by atoms with Crippen molar-refractivity contribution >= 4 is 15.9 Å². The number of aromatic amines is 1. The smallest absolute Gasteiger partial charge is 0.109 e. The zero-order chi connectivity index (χ0) is 9.80. The molecule has 2 rings (SSSR count). The molecule has 0 saturated heterocycles. The molecule has 68 valence electrons. The summed E-state index contributed by atoms with van der Waals surface area (Å²) in [6, 6.07) is 7.87. The van der Waals surface area contributed by atoms with Gasteiger partial charge >= 0.3 is 0 Å². The van der Waals surface area contributed by atoms with Crippen LogP contribution in [-0.2, 0) is 0 Å². The number of rotatable bonds is 0. The van der Waals surface area contributed by atoms with Crippen molar-refractivity contribution in [2.75, 3.05) is 0 Å². The Morgan fingerprint density at radius 2 is 1.93 bits per heavy atom. The molecule has 0 aliphatic heterocycles. The molecule has 0 aliphatic rings. The standard InChI is InChI=1S/C11H7BrN2/c12-10-4-1-9(2-5-10)3-6-11-7-13-8-14-11/h1-2,4-5,7-8H,(H,13,14). The van der Waals surface area contributed by atoms with E-state index in [-0.39, 0.29) is 0 Å². The highest BCUT2D eigenvalue weighted by Crippen LogP contribution is 2.09. The van der Waals surface area contributed by atoms with Gasteiger partial charge < -0.3 is 4.98 Å². The summed E-state index contributed by atoms with van der Waals surface area (Å²) in [6.07, 6.45) is 3.32. The lowest BCUT2D eigenvalue weighted by Gasteiger charge is -1.89. The van der Waals surface area contributed by atoms with Crippen LogP contribution < -0.4 is 0 Å². The summed E-state index contributed by atoms with van der Waals surface area (Å²) in [4.78, 5) is 6.81. The first kappa shape index (κ1) is 9.04. The summed E-state index contributed by atoms with van der Waals surface area (Å²) in [6.45, 7) is 0. The molecule has 3 heteroatoms. The van der Waals surface area contributed by atoms with Crippen molar-refractivity contribution in [3.8, 4) is 11.8 Å². The fourth-order valence-electron chi connectivity index (χ4n) is 0.997. The molecule has 14 heavy (non-hydrogen) atoms. The van der Waals surface area contributed by atoms with E-state index in [1.807, 2.05) is 24.3 Å². The maximum absolute atomic E-state index is 3.88. The monoisotopic (exact) mass is 246 g/mol. The Labute approximate surface area is 90.5 Å². The summed E-state index contributed by atoms with van der Waals surface area (Å²) in [5, 5.41) is 0. The van der Waals surface area contributed by atoms with E-state index in [1.165, 1.54) is 0 Å². The Kier molecular flexibility index (Phi) is 2.66. The highest BCUT2D eigenvalue weighted by Gasteiger charge is 1.88. The van der Waals surface area contributed by atoms with Crippen LogP contribution in [0.4, 0.5) is 0 Å². The van der Waals surface area contributed by atoms with Gasteiger partial charge in [0.15, 0.2) is 0 Å². The fourth-order valence-corrected chi connectivity index (χ4v) is 1.26. The molecule has 1 heterocycles. The van der Waals surface area contributed by atoms with Crippen LogP contribution in [0.5, 0.6) is 0 Å². The third-order valence-corrected chi connectivity index (χ3v) is 2.21. The molecule has 0 saturated carbocycles. The van der Waals surface area contributed by atoms with Crippen molar-refractivity contribution in [2.24, 2.45) is 0 Å². The number of halogens is 1. The van der Waals surface area contributed by atoms with Crippen molar-refractivity contribution in [1.29, 1.82) is 0 Å². The fraction of sp³-hybridized carbons (Fsp3) is 0. The molecule has 1 N–H and O–H groups in total. The Bertz CT molecular complexity index is 460. The van der Waals surface area contributed by atoms with Crippen LogP contribution in [-0.4, -0.2) is 9.97 Å². The summed E-state index contributed by atoms with van der Waals surface area (Å²) in [5.74, 6) is 6.01. The van der Waals surface area contributed by atoms with Gasteiger partial charge in [0, 0.05) is 10.0 Å². The summed E-state index contributed by atoms with van der Waals surface area (Å²) >= 11 is 3.37. The van der Waals surface area contributed by atoms with Crippen LogP contribution in [0.3, 0.4) is 0 Å².